The number of aromatic carboxylic acids is 1. The largest absolute Gasteiger partial charge is 0.545 e. The highest BCUT2D eigenvalue weighted by atomic mass is 32.2. The van der Waals surface area contributed by atoms with Gasteiger partial charge in [-0.3, -0.25) is 0 Å². The van der Waals surface area contributed by atoms with E-state index < -0.39 is 16.0 Å². The number of ether oxygens (including phenoxy) is 3. The monoisotopic (exact) mass is 407 g/mol. The number of hydrogen-bond donors (Lipinski definition) is 1. The van der Waals surface area contributed by atoms with E-state index in [9.17, 15) is 18.3 Å². The van der Waals surface area contributed by atoms with Crippen molar-refractivity contribution >= 4 is 22.2 Å². The van der Waals surface area contributed by atoms with Gasteiger partial charge in [0.25, 0.3) is 10.0 Å². The van der Waals surface area contributed by atoms with Gasteiger partial charge in [0.05, 0.1) is 43.5 Å². The first-order valence-electron chi connectivity index (χ1n) is 8.08. The second-order valence-corrected chi connectivity index (χ2v) is 6.97. The van der Waals surface area contributed by atoms with Crippen molar-refractivity contribution in [1.29, 1.82) is 0 Å². The molecule has 150 valence electrons. The number of nitrogens with one attached hydrogen (secondary N) is 1. The molecule has 28 heavy (non-hydrogen) atoms. The molecule has 10 heteroatoms. The molecule has 9 nitrogen and oxygen atoms in total. The van der Waals surface area contributed by atoms with Crippen LogP contribution in [0.2, 0.25) is 0 Å². The second-order valence-electron chi connectivity index (χ2n) is 5.31. The Balaban J connectivity index is 2.27. The van der Waals surface area contributed by atoms with Crippen molar-refractivity contribution in [3.8, 4) is 17.2 Å². The predicted octanol–water partition coefficient (Wildman–Crippen LogP) is 0.778. The fourth-order valence-corrected chi connectivity index (χ4v) is 3.15. The molecule has 0 aliphatic carbocycles. The van der Waals surface area contributed by atoms with E-state index in [0.717, 1.165) is 6.21 Å². The Morgan fingerprint density at radius 2 is 1.82 bits per heavy atom. The zero-order valence-electron chi connectivity index (χ0n) is 15.5. The molecule has 0 unspecified atom stereocenters. The molecule has 0 radical (unpaired) electrons. The van der Waals surface area contributed by atoms with E-state index in [1.54, 1.807) is 0 Å². The third-order valence-corrected chi connectivity index (χ3v) is 4.84. The van der Waals surface area contributed by atoms with Crippen molar-refractivity contribution in [2.24, 2.45) is 5.10 Å². The summed E-state index contributed by atoms with van der Waals surface area (Å²) in [6.45, 7) is 2.27. The Morgan fingerprint density at radius 1 is 1.14 bits per heavy atom. The molecule has 0 saturated heterocycles. The van der Waals surface area contributed by atoms with Crippen molar-refractivity contribution in [3.63, 3.8) is 0 Å². The minimum atomic E-state index is -3.95. The fourth-order valence-electron chi connectivity index (χ4n) is 2.36. The molecule has 1 N–H and O–H groups in total. The number of hydrogen-bond acceptors (Lipinski definition) is 8. The average Bonchev–Trinajstić information content (AvgIpc) is 2.67. The van der Waals surface area contributed by atoms with E-state index in [4.69, 9.17) is 14.2 Å². The molecule has 2 aromatic carbocycles. The van der Waals surface area contributed by atoms with Crippen LogP contribution in [-0.2, 0) is 10.0 Å². The summed E-state index contributed by atoms with van der Waals surface area (Å²) in [6, 6.07) is 8.63. The number of benzene rings is 2. The Bertz CT molecular complexity index is 970. The van der Waals surface area contributed by atoms with Gasteiger partial charge in [-0.1, -0.05) is 0 Å². The predicted molar refractivity (Wildman–Crippen MR) is 99.4 cm³/mol. The first-order valence-corrected chi connectivity index (χ1v) is 9.56. The quantitative estimate of drug-likeness (QED) is 0.481. The second kappa shape index (κ2) is 9.09. The fraction of sp³-hybridized carbons (Fsp3) is 0.222. The van der Waals surface area contributed by atoms with Crippen LogP contribution in [0.3, 0.4) is 0 Å². The molecule has 0 fully saturated rings. The van der Waals surface area contributed by atoms with Gasteiger partial charge in [0.1, 0.15) is 5.75 Å². The van der Waals surface area contributed by atoms with Crippen LogP contribution in [0.15, 0.2) is 46.4 Å². The minimum absolute atomic E-state index is 0.0273. The molecular formula is C18H19N2O7S-. The topological polar surface area (TPSA) is 126 Å². The summed E-state index contributed by atoms with van der Waals surface area (Å²) < 4.78 is 40.0. The summed E-state index contributed by atoms with van der Waals surface area (Å²) in [5.74, 6) is -0.852. The van der Waals surface area contributed by atoms with Gasteiger partial charge in [-0.15, -0.1) is 0 Å². The maximum atomic E-state index is 12.3. The minimum Gasteiger partial charge on any atom is -0.545 e. The van der Waals surface area contributed by atoms with Gasteiger partial charge >= 0.3 is 0 Å². The van der Waals surface area contributed by atoms with Crippen LogP contribution in [0.5, 0.6) is 17.2 Å². The SMILES string of the molecule is CCOc1ccc(S(=O)(=O)N/N=C\c2ccc(OC)c(OC)c2C(=O)[O-])cc1. The van der Waals surface area contributed by atoms with E-state index in [1.807, 2.05) is 11.8 Å². The van der Waals surface area contributed by atoms with Gasteiger partial charge in [-0.05, 0) is 43.3 Å². The third-order valence-electron chi connectivity index (χ3n) is 3.60. The molecule has 2 rings (SSSR count). The number of carboxylic acids is 1. The van der Waals surface area contributed by atoms with E-state index in [-0.39, 0.29) is 27.5 Å². The van der Waals surface area contributed by atoms with Gasteiger partial charge < -0.3 is 24.1 Å². The van der Waals surface area contributed by atoms with Crippen molar-refractivity contribution in [3.05, 3.63) is 47.5 Å². The number of carbonyl (C=O) groups excluding carboxylic acids is 1. The van der Waals surface area contributed by atoms with Gasteiger partial charge in [-0.25, -0.2) is 4.83 Å². The average molecular weight is 407 g/mol. The summed E-state index contributed by atoms with van der Waals surface area (Å²) in [5.41, 5.74) is -0.238. The molecule has 0 aromatic heterocycles. The first-order chi connectivity index (χ1) is 13.3. The number of nitrogens with zero attached hydrogens (tertiary/aromatic N) is 1. The van der Waals surface area contributed by atoms with Crippen LogP contribution in [0, 0.1) is 0 Å². The summed E-state index contributed by atoms with van der Waals surface area (Å²) in [5, 5.41) is 15.1. The van der Waals surface area contributed by atoms with Crippen molar-refractivity contribution < 1.29 is 32.5 Å². The van der Waals surface area contributed by atoms with Gasteiger partial charge in [0, 0.05) is 5.56 Å². The molecule has 0 aliphatic rings. The maximum absolute atomic E-state index is 12.3. The number of hydrazone groups is 1. The normalized spacial score (nSPS) is 11.2. The van der Waals surface area contributed by atoms with E-state index in [0.29, 0.717) is 12.4 Å². The van der Waals surface area contributed by atoms with Crippen LogP contribution < -0.4 is 24.1 Å². The molecule has 0 amide bonds. The Morgan fingerprint density at radius 3 is 2.36 bits per heavy atom. The smallest absolute Gasteiger partial charge is 0.276 e. The third kappa shape index (κ3) is 4.71. The zero-order chi connectivity index (χ0) is 20.7. The number of carboxylic acid groups (broad SMARTS) is 1. The molecular weight excluding hydrogens is 388 g/mol. The molecule has 0 bridgehead atoms. The lowest BCUT2D eigenvalue weighted by Crippen LogP contribution is -2.25. The highest BCUT2D eigenvalue weighted by molar-refractivity contribution is 7.89. The number of rotatable bonds is 9. The van der Waals surface area contributed by atoms with Gasteiger partial charge in [-0.2, -0.15) is 13.5 Å². The van der Waals surface area contributed by atoms with E-state index in [1.165, 1.54) is 50.6 Å². The number of sulfonamides is 1. The van der Waals surface area contributed by atoms with Crippen LogP contribution >= 0.6 is 0 Å². The lowest BCUT2D eigenvalue weighted by atomic mass is 10.1. The zero-order valence-corrected chi connectivity index (χ0v) is 16.3. The first kappa shape index (κ1) is 21.0. The Labute approximate surface area is 162 Å². The highest BCUT2D eigenvalue weighted by Gasteiger charge is 2.16. The highest BCUT2D eigenvalue weighted by Crippen LogP contribution is 2.32. The summed E-state index contributed by atoms with van der Waals surface area (Å²) in [6.07, 6.45) is 1.04. The van der Waals surface area contributed by atoms with Crippen LogP contribution in [0.1, 0.15) is 22.8 Å². The standard InChI is InChI=1S/C18H20N2O7S/c1-4-27-13-6-8-14(9-7-13)28(23,24)20-19-11-12-5-10-15(25-2)17(26-3)16(12)18(21)22/h5-11,20H,4H2,1-3H3,(H,21,22)/p-1/b19-11-. The van der Waals surface area contributed by atoms with E-state index in [2.05, 4.69) is 5.10 Å². The Kier molecular flexibility index (Phi) is 6.83. The molecule has 0 atom stereocenters. The van der Waals surface area contributed by atoms with Crippen LogP contribution in [0.4, 0.5) is 0 Å². The van der Waals surface area contributed by atoms with Gasteiger partial charge in [0.15, 0.2) is 11.5 Å². The van der Waals surface area contributed by atoms with E-state index >= 15 is 0 Å². The number of carbonyl (C=O) groups is 1. The summed E-state index contributed by atoms with van der Waals surface area (Å²) in [7, 11) is -1.31. The van der Waals surface area contributed by atoms with Crippen molar-refractivity contribution in [2.45, 2.75) is 11.8 Å². The molecule has 0 spiro atoms. The van der Waals surface area contributed by atoms with Crippen molar-refractivity contribution in [2.75, 3.05) is 20.8 Å². The summed E-state index contributed by atoms with van der Waals surface area (Å²) in [4.78, 5) is 13.5. The molecule has 2 aromatic rings. The lowest BCUT2D eigenvalue weighted by Gasteiger charge is -2.15. The lowest BCUT2D eigenvalue weighted by molar-refractivity contribution is -0.255. The summed E-state index contributed by atoms with van der Waals surface area (Å²) >= 11 is 0. The van der Waals surface area contributed by atoms with Crippen LogP contribution in [0.25, 0.3) is 0 Å². The van der Waals surface area contributed by atoms with Crippen LogP contribution in [-0.4, -0.2) is 41.4 Å². The molecule has 0 heterocycles. The van der Waals surface area contributed by atoms with Gasteiger partial charge in [0.2, 0.25) is 0 Å². The molecule has 0 saturated carbocycles. The molecule has 0 aliphatic heterocycles. The number of methoxy groups -OCH3 is 2. The van der Waals surface area contributed by atoms with Crippen molar-refractivity contribution in [1.82, 2.24) is 4.83 Å². The Hall–Kier alpha value is -3.27. The maximum Gasteiger partial charge on any atom is 0.276 e.